The Morgan fingerprint density at radius 1 is 1.30 bits per heavy atom. The van der Waals surface area contributed by atoms with Crippen LogP contribution in [0, 0.1) is 13.8 Å². The summed E-state index contributed by atoms with van der Waals surface area (Å²) in [5.41, 5.74) is 3.97. The van der Waals surface area contributed by atoms with E-state index in [9.17, 15) is 0 Å². The molecule has 0 saturated carbocycles. The summed E-state index contributed by atoms with van der Waals surface area (Å²) < 4.78 is 0. The summed E-state index contributed by atoms with van der Waals surface area (Å²) in [5, 5.41) is 5.73. The number of aryl methyl sites for hydroxylation is 2. The molecule has 2 aromatic rings. The van der Waals surface area contributed by atoms with E-state index in [4.69, 9.17) is 11.6 Å². The second kappa shape index (κ2) is 5.47. The van der Waals surface area contributed by atoms with Gasteiger partial charge in [-0.1, -0.05) is 17.7 Å². The normalized spacial score (nSPS) is 19.1. The van der Waals surface area contributed by atoms with Crippen LogP contribution in [0.4, 0.5) is 0 Å². The standard InChI is InChI=1S/C16H19ClN2S/c1-9-16(20-11(3)18-9)10(2)19-15-7-12-4-5-14(17)6-13(12)8-15/h4-6,10,15,19H,7-8H2,1-3H3. The molecule has 0 amide bonds. The first-order chi connectivity index (χ1) is 9.52. The van der Waals surface area contributed by atoms with Crippen molar-refractivity contribution in [2.45, 2.75) is 45.7 Å². The summed E-state index contributed by atoms with van der Waals surface area (Å²) in [6.45, 7) is 6.40. The van der Waals surface area contributed by atoms with Gasteiger partial charge in [-0.25, -0.2) is 4.98 Å². The molecule has 2 nitrogen and oxygen atoms in total. The summed E-state index contributed by atoms with van der Waals surface area (Å²) in [7, 11) is 0. The molecule has 0 fully saturated rings. The summed E-state index contributed by atoms with van der Waals surface area (Å²) >= 11 is 7.87. The van der Waals surface area contributed by atoms with Gasteiger partial charge in [0.15, 0.2) is 0 Å². The van der Waals surface area contributed by atoms with E-state index in [1.165, 1.54) is 16.0 Å². The minimum atomic E-state index is 0.357. The number of hydrogen-bond acceptors (Lipinski definition) is 3. The second-order valence-electron chi connectivity index (χ2n) is 5.59. The van der Waals surface area contributed by atoms with Crippen LogP contribution in [0.2, 0.25) is 5.02 Å². The van der Waals surface area contributed by atoms with Crippen molar-refractivity contribution >= 4 is 22.9 Å². The van der Waals surface area contributed by atoms with Crippen LogP contribution >= 0.6 is 22.9 Å². The van der Waals surface area contributed by atoms with Gasteiger partial charge >= 0.3 is 0 Å². The Hall–Kier alpha value is -0.900. The molecule has 2 unspecified atom stereocenters. The highest BCUT2D eigenvalue weighted by molar-refractivity contribution is 7.11. The molecular weight excluding hydrogens is 288 g/mol. The van der Waals surface area contributed by atoms with E-state index in [1.807, 2.05) is 6.07 Å². The van der Waals surface area contributed by atoms with Gasteiger partial charge in [-0.05, 0) is 56.9 Å². The van der Waals surface area contributed by atoms with Gasteiger partial charge in [0.1, 0.15) is 0 Å². The summed E-state index contributed by atoms with van der Waals surface area (Å²) in [6, 6.07) is 7.11. The van der Waals surface area contributed by atoms with Gasteiger partial charge in [0.25, 0.3) is 0 Å². The maximum absolute atomic E-state index is 6.07. The topological polar surface area (TPSA) is 24.9 Å². The first-order valence-electron chi connectivity index (χ1n) is 7.00. The fourth-order valence-corrected chi connectivity index (χ4v) is 4.22. The van der Waals surface area contributed by atoms with Gasteiger partial charge in [0.05, 0.1) is 10.7 Å². The molecule has 2 atom stereocenters. The molecule has 3 rings (SSSR count). The predicted octanol–water partition coefficient (Wildman–Crippen LogP) is 4.23. The third kappa shape index (κ3) is 2.76. The monoisotopic (exact) mass is 306 g/mol. The van der Waals surface area contributed by atoms with E-state index in [0.717, 1.165) is 28.6 Å². The van der Waals surface area contributed by atoms with E-state index < -0.39 is 0 Å². The van der Waals surface area contributed by atoms with Crippen LogP contribution < -0.4 is 5.32 Å². The number of nitrogens with one attached hydrogen (secondary N) is 1. The van der Waals surface area contributed by atoms with Gasteiger partial charge in [0.2, 0.25) is 0 Å². The number of fused-ring (bicyclic) bond motifs is 1. The van der Waals surface area contributed by atoms with E-state index in [1.54, 1.807) is 11.3 Å². The highest BCUT2D eigenvalue weighted by Crippen LogP contribution is 2.29. The van der Waals surface area contributed by atoms with Crippen LogP contribution in [0.5, 0.6) is 0 Å². The largest absolute Gasteiger partial charge is 0.306 e. The molecule has 0 radical (unpaired) electrons. The SMILES string of the molecule is Cc1nc(C)c(C(C)NC2Cc3ccc(Cl)cc3C2)s1. The smallest absolute Gasteiger partial charge is 0.0900 e. The third-order valence-corrected chi connectivity index (χ3v) is 5.41. The molecule has 0 aliphatic heterocycles. The van der Waals surface area contributed by atoms with Crippen LogP contribution in [0.3, 0.4) is 0 Å². The Labute approximate surface area is 129 Å². The number of benzene rings is 1. The fraction of sp³-hybridized carbons (Fsp3) is 0.438. The molecule has 106 valence electrons. The van der Waals surface area contributed by atoms with E-state index in [2.05, 4.69) is 43.2 Å². The highest BCUT2D eigenvalue weighted by Gasteiger charge is 2.24. The van der Waals surface area contributed by atoms with Gasteiger partial charge in [-0.15, -0.1) is 11.3 Å². The van der Waals surface area contributed by atoms with E-state index in [0.29, 0.717) is 12.1 Å². The maximum Gasteiger partial charge on any atom is 0.0900 e. The number of thiazole rings is 1. The Morgan fingerprint density at radius 3 is 2.75 bits per heavy atom. The lowest BCUT2D eigenvalue weighted by Crippen LogP contribution is -2.31. The first kappa shape index (κ1) is 14.1. The Bertz CT molecular complexity index is 635. The predicted molar refractivity (Wildman–Crippen MR) is 85.8 cm³/mol. The Morgan fingerprint density at radius 2 is 2.05 bits per heavy atom. The maximum atomic E-state index is 6.07. The van der Waals surface area contributed by atoms with Crippen LogP contribution in [-0.2, 0) is 12.8 Å². The van der Waals surface area contributed by atoms with Crippen LogP contribution in [-0.4, -0.2) is 11.0 Å². The lowest BCUT2D eigenvalue weighted by atomic mass is 10.1. The number of hydrogen-bond donors (Lipinski definition) is 1. The van der Waals surface area contributed by atoms with Crippen molar-refractivity contribution in [3.8, 4) is 0 Å². The quantitative estimate of drug-likeness (QED) is 0.918. The molecule has 1 aliphatic rings. The average molecular weight is 307 g/mol. The van der Waals surface area contributed by atoms with Gasteiger partial charge in [-0.3, -0.25) is 0 Å². The average Bonchev–Trinajstić information content (AvgIpc) is 2.91. The van der Waals surface area contributed by atoms with Crippen molar-refractivity contribution in [3.05, 3.63) is 49.9 Å². The van der Waals surface area contributed by atoms with Crippen molar-refractivity contribution in [2.75, 3.05) is 0 Å². The molecule has 1 heterocycles. The zero-order valence-electron chi connectivity index (χ0n) is 12.0. The molecule has 1 aliphatic carbocycles. The molecule has 1 aromatic carbocycles. The highest BCUT2D eigenvalue weighted by atomic mass is 35.5. The van der Waals surface area contributed by atoms with Gasteiger partial charge in [0, 0.05) is 22.0 Å². The molecule has 0 bridgehead atoms. The molecule has 4 heteroatoms. The zero-order valence-corrected chi connectivity index (χ0v) is 13.6. The molecule has 1 aromatic heterocycles. The summed E-state index contributed by atoms with van der Waals surface area (Å²) in [6.07, 6.45) is 2.16. The second-order valence-corrected chi connectivity index (χ2v) is 7.26. The van der Waals surface area contributed by atoms with Crippen LogP contribution in [0.15, 0.2) is 18.2 Å². The number of nitrogens with zero attached hydrogens (tertiary/aromatic N) is 1. The van der Waals surface area contributed by atoms with Crippen LogP contribution in [0.25, 0.3) is 0 Å². The van der Waals surface area contributed by atoms with E-state index >= 15 is 0 Å². The Balaban J connectivity index is 1.70. The molecule has 0 spiro atoms. The fourth-order valence-electron chi connectivity index (χ4n) is 3.08. The van der Waals surface area contributed by atoms with Gasteiger partial charge in [-0.2, -0.15) is 0 Å². The van der Waals surface area contributed by atoms with Crippen molar-refractivity contribution in [3.63, 3.8) is 0 Å². The lowest BCUT2D eigenvalue weighted by Gasteiger charge is -2.18. The summed E-state index contributed by atoms with van der Waals surface area (Å²) in [5.74, 6) is 0. The first-order valence-corrected chi connectivity index (χ1v) is 8.19. The van der Waals surface area contributed by atoms with E-state index in [-0.39, 0.29) is 0 Å². The van der Waals surface area contributed by atoms with Crippen molar-refractivity contribution in [1.82, 2.24) is 10.3 Å². The minimum absolute atomic E-state index is 0.357. The van der Waals surface area contributed by atoms with Crippen molar-refractivity contribution in [1.29, 1.82) is 0 Å². The van der Waals surface area contributed by atoms with Gasteiger partial charge < -0.3 is 5.32 Å². The van der Waals surface area contributed by atoms with Crippen molar-refractivity contribution in [2.24, 2.45) is 0 Å². The number of rotatable bonds is 3. The zero-order chi connectivity index (χ0) is 14.3. The number of aromatic nitrogens is 1. The summed E-state index contributed by atoms with van der Waals surface area (Å²) in [4.78, 5) is 5.88. The van der Waals surface area contributed by atoms with Crippen molar-refractivity contribution < 1.29 is 0 Å². The lowest BCUT2D eigenvalue weighted by molar-refractivity contribution is 0.470. The van der Waals surface area contributed by atoms with Crippen LogP contribution in [0.1, 0.15) is 39.7 Å². The minimum Gasteiger partial charge on any atom is -0.306 e. The molecular formula is C16H19ClN2S. The Kier molecular flexibility index (Phi) is 3.85. The molecule has 20 heavy (non-hydrogen) atoms. The third-order valence-electron chi connectivity index (χ3n) is 3.92. The number of halogens is 1. The molecule has 0 saturated heterocycles. The molecule has 1 N–H and O–H groups in total.